The predicted molar refractivity (Wildman–Crippen MR) is 580 cm³/mol. The third-order valence-corrected chi connectivity index (χ3v) is 26.2. The summed E-state index contributed by atoms with van der Waals surface area (Å²) in [6, 6.07) is 42.1. The number of nitrogens with one attached hydrogen (secondary N) is 3. The molecule has 12 heteroatoms. The number of benzene rings is 6. The van der Waals surface area contributed by atoms with E-state index in [-0.39, 0.29) is 16.7 Å². The zero-order valence-electron chi connectivity index (χ0n) is 85.7. The van der Waals surface area contributed by atoms with Crippen molar-refractivity contribution < 1.29 is 42.8 Å². The minimum atomic E-state index is -0.694. The first-order valence-electron chi connectivity index (χ1n) is 55.2. The fourth-order valence-electron chi connectivity index (χ4n) is 17.5. The third kappa shape index (κ3) is 51.3. The molecule has 12 nitrogen and oxygen atoms in total. The second kappa shape index (κ2) is 76.0. The number of carbonyl (C=O) groups excluding carboxylic acids is 3. The molecule has 0 heterocycles. The summed E-state index contributed by atoms with van der Waals surface area (Å²) < 4.78 is 38.9. The lowest BCUT2D eigenvalue weighted by atomic mass is 9.84. The van der Waals surface area contributed by atoms with Gasteiger partial charge in [-0.25, -0.2) is 0 Å². The highest BCUT2D eigenvalue weighted by Crippen LogP contribution is 2.36. The van der Waals surface area contributed by atoms with Crippen LogP contribution in [0.3, 0.4) is 0 Å². The van der Waals surface area contributed by atoms with Crippen LogP contribution in [0.2, 0.25) is 0 Å². The number of ether oxygens (including phenoxy) is 6. The van der Waals surface area contributed by atoms with Crippen molar-refractivity contribution in [2.45, 2.75) is 427 Å². The quantitative estimate of drug-likeness (QED) is 0.0145. The normalized spacial score (nSPS) is 12.3. The Morgan fingerprint density at radius 3 is 0.504 bits per heavy atom. The van der Waals surface area contributed by atoms with Gasteiger partial charge in [0.1, 0.15) is 0 Å². The molecule has 0 saturated heterocycles. The number of carbonyl (C=O) groups is 3. The zero-order valence-corrected chi connectivity index (χ0v) is 85.7. The first-order chi connectivity index (χ1) is 66.6. The second-order valence-corrected chi connectivity index (χ2v) is 38.3. The Morgan fingerprint density at radius 2 is 0.326 bits per heavy atom. The van der Waals surface area contributed by atoms with Crippen molar-refractivity contribution in [2.24, 2.45) is 0 Å². The molecule has 6 aromatic carbocycles. The van der Waals surface area contributed by atoms with Crippen LogP contribution in [-0.4, -0.2) is 57.0 Å². The van der Waals surface area contributed by atoms with Crippen LogP contribution in [-0.2, 0) is 14.4 Å². The lowest BCUT2D eigenvalue weighted by molar-refractivity contribution is -0.124. The lowest BCUT2D eigenvalue weighted by Gasteiger charge is -2.18. The fourth-order valence-corrected chi connectivity index (χ4v) is 17.5. The van der Waals surface area contributed by atoms with Gasteiger partial charge in [-0.05, 0) is 145 Å². The number of allylic oxidation sites excluding steroid dienone is 3. The average molecular weight is 1850 g/mol. The van der Waals surface area contributed by atoms with Crippen molar-refractivity contribution in [3.63, 3.8) is 0 Å². The van der Waals surface area contributed by atoms with Gasteiger partial charge in [0, 0.05) is 35.7 Å². The number of ketones is 3. The molecule has 0 radical (unpaired) electrons. The van der Waals surface area contributed by atoms with Crippen LogP contribution in [0.4, 0.5) is 17.1 Å². The molecule has 6 aromatic rings. The highest BCUT2D eigenvalue weighted by Gasteiger charge is 2.39. The minimum Gasteiger partial charge on any atom is -0.490 e. The molecule has 1 fully saturated rings. The van der Waals surface area contributed by atoms with Crippen LogP contribution in [0.25, 0.3) is 36.5 Å². The largest absolute Gasteiger partial charge is 0.490 e. The van der Waals surface area contributed by atoms with Gasteiger partial charge in [-0.1, -0.05) is 479 Å². The van der Waals surface area contributed by atoms with E-state index < -0.39 is 17.3 Å². The van der Waals surface area contributed by atoms with Crippen molar-refractivity contribution in [1.29, 1.82) is 0 Å². The Balaban J connectivity index is 1.06. The first kappa shape index (κ1) is 113. The molecule has 1 aliphatic rings. The van der Waals surface area contributed by atoms with Crippen LogP contribution in [0.5, 0.6) is 34.5 Å². The molecule has 1 aliphatic carbocycles. The predicted octanol–water partition coefficient (Wildman–Crippen LogP) is 37.0. The lowest BCUT2D eigenvalue weighted by Crippen LogP contribution is -2.33. The molecule has 0 aromatic heterocycles. The fraction of sp³-hybridized carbons (Fsp3) is 0.585. The van der Waals surface area contributed by atoms with Gasteiger partial charge in [-0.15, -0.1) is 0 Å². The maximum absolute atomic E-state index is 14.7. The Labute approximate surface area is 821 Å². The maximum atomic E-state index is 14.7. The molecule has 1 saturated carbocycles. The van der Waals surface area contributed by atoms with Gasteiger partial charge in [-0.2, -0.15) is 0 Å². The van der Waals surface area contributed by atoms with Gasteiger partial charge in [0.25, 0.3) is 0 Å². The van der Waals surface area contributed by atoms with E-state index in [4.69, 9.17) is 28.4 Å². The van der Waals surface area contributed by atoms with Gasteiger partial charge in [-0.3, -0.25) is 14.4 Å². The smallest absolute Gasteiger partial charge is 0.203 e. The van der Waals surface area contributed by atoms with Crippen LogP contribution < -0.4 is 44.4 Å². The van der Waals surface area contributed by atoms with Crippen molar-refractivity contribution in [3.05, 3.63) is 196 Å². The number of hydrogen-bond donors (Lipinski definition) is 3. The maximum Gasteiger partial charge on any atom is 0.203 e. The number of unbranched alkanes of at least 4 members (excludes halogenated alkanes) is 54. The van der Waals surface area contributed by atoms with Gasteiger partial charge < -0.3 is 44.4 Å². The van der Waals surface area contributed by atoms with Crippen LogP contribution in [0.15, 0.2) is 163 Å². The molecule has 7 rings (SSSR count). The standard InChI is InChI=1S/C123H183N3O9/c1-7-13-19-25-31-37-43-49-55-61-91-130-115-88-79-106(97-118(115)133-94-64-58-52-46-40-34-28-22-16-10-4)70-67-103-73-82-109(83-74-103)124-100-112-121(127)113(101-125-110-84-75-104(76-85-110)68-71-107-80-89-116(131-92-62-56-50-44-38-32-26-20-14-8-2)119(98-107)134-95-65-59-53-47-41-35-29-23-17-11-5)123(129)114(122(112)128)102-126-111-86-77-105(78-87-111)69-72-108-81-90-117(132-93-63-57-51-45-39-33-27-21-15-9-3)120(99-108)135-96-66-60-54-48-42-36-30-24-18-12-6/h67-90,97-102,124-126H,7-66,91-96H2,1-6H3/b70-67+,71-68+,72-69+,112-100?,113-101?,114-102?. The van der Waals surface area contributed by atoms with Crippen LogP contribution >= 0.6 is 0 Å². The number of rotatable bonds is 84. The zero-order chi connectivity index (χ0) is 95.4. The van der Waals surface area contributed by atoms with Gasteiger partial charge in [0.2, 0.25) is 17.3 Å². The summed E-state index contributed by atoms with van der Waals surface area (Å²) in [5, 5.41) is 9.73. The molecule has 0 bridgehead atoms. The van der Waals surface area contributed by atoms with E-state index in [2.05, 4.69) is 130 Å². The van der Waals surface area contributed by atoms with Crippen LogP contribution in [0, 0.1) is 0 Å². The first-order valence-corrected chi connectivity index (χ1v) is 55.2. The van der Waals surface area contributed by atoms with E-state index in [0.717, 1.165) is 126 Å². The Bertz CT molecular complexity index is 3810. The van der Waals surface area contributed by atoms with Crippen LogP contribution in [0.1, 0.15) is 460 Å². The topological polar surface area (TPSA) is 143 Å². The number of hydrogen-bond acceptors (Lipinski definition) is 12. The summed E-state index contributed by atoms with van der Waals surface area (Å²) in [7, 11) is 0. The van der Waals surface area contributed by atoms with Gasteiger partial charge in [0.05, 0.1) is 56.4 Å². The summed E-state index contributed by atoms with van der Waals surface area (Å²) >= 11 is 0. The van der Waals surface area contributed by atoms with E-state index in [1.807, 2.05) is 91.0 Å². The highest BCUT2D eigenvalue weighted by molar-refractivity contribution is 6.51. The van der Waals surface area contributed by atoms with E-state index in [1.165, 1.54) is 346 Å². The summed E-state index contributed by atoms with van der Waals surface area (Å²) in [6.45, 7) is 17.6. The molecule has 744 valence electrons. The minimum absolute atomic E-state index is 0.176. The SMILES string of the molecule is CCCCCCCCCCCCOc1ccc(/C=C/c2ccc(NC=C3C(=O)C(=CNc4ccc(/C=C/c5ccc(OCCCCCCCCCCCC)c(OCCCCCCCCCCCC)c5)cc4)C(=O)C(=CNc4ccc(/C=C/c5ccc(OCCCCCCCCCCCC)c(OCCCCCCCCCCCC)c5)cc4)C3=O)cc2)cc1OCCCCCCCCCCCC. The van der Waals surface area contributed by atoms with Crippen molar-refractivity contribution in [2.75, 3.05) is 55.6 Å². The van der Waals surface area contributed by atoms with Crippen molar-refractivity contribution >= 4 is 70.9 Å². The Hall–Kier alpha value is -9.03. The van der Waals surface area contributed by atoms with Gasteiger partial charge >= 0.3 is 0 Å². The number of Topliss-reactive ketones (excluding diaryl/α,β-unsaturated/α-hetero) is 3. The summed E-state index contributed by atoms with van der Waals surface area (Å²) in [4.78, 5) is 44.2. The van der Waals surface area contributed by atoms with Crippen molar-refractivity contribution in [1.82, 2.24) is 0 Å². The molecule has 0 atom stereocenters. The van der Waals surface area contributed by atoms with E-state index in [1.54, 1.807) is 0 Å². The summed E-state index contributed by atoms with van der Waals surface area (Å²) in [6.07, 6.45) is 93.0. The molecule has 3 N–H and O–H groups in total. The molecule has 135 heavy (non-hydrogen) atoms. The average Bonchev–Trinajstić information content (AvgIpc) is 0.780. The monoisotopic (exact) mass is 1850 g/mol. The summed E-state index contributed by atoms with van der Waals surface area (Å²) in [5.41, 5.74) is 7.30. The Morgan fingerprint density at radius 1 is 0.178 bits per heavy atom. The highest BCUT2D eigenvalue weighted by atomic mass is 16.5. The van der Waals surface area contributed by atoms with E-state index >= 15 is 0 Å². The summed E-state index contributed by atoms with van der Waals surface area (Å²) in [5.74, 6) is 2.63. The molecule has 0 aliphatic heterocycles. The third-order valence-electron chi connectivity index (χ3n) is 26.2. The molecule has 0 unspecified atom stereocenters. The van der Waals surface area contributed by atoms with E-state index in [9.17, 15) is 14.4 Å². The van der Waals surface area contributed by atoms with Gasteiger partial charge in [0.15, 0.2) is 34.5 Å². The second-order valence-electron chi connectivity index (χ2n) is 38.3. The number of anilines is 3. The molecule has 0 spiro atoms. The van der Waals surface area contributed by atoms with Crippen molar-refractivity contribution in [3.8, 4) is 34.5 Å². The molecule has 0 amide bonds. The molecular formula is C123H183N3O9. The van der Waals surface area contributed by atoms with E-state index in [0.29, 0.717) is 56.7 Å². The molecular weight excluding hydrogens is 1660 g/mol. The Kier molecular flexibility index (Phi) is 63.6.